The normalized spacial score (nSPS) is 11.0. The van der Waals surface area contributed by atoms with E-state index in [0.717, 1.165) is 19.3 Å². The molecule has 1 N–H and O–H groups in total. The Balaban J connectivity index is 0. The minimum absolute atomic E-state index is 0.185. The Hall–Kier alpha value is -2.79. The molecule has 2 aromatic rings. The lowest BCUT2D eigenvalue weighted by Crippen LogP contribution is -2.33. The molecule has 166 valence electrons. The zero-order valence-corrected chi connectivity index (χ0v) is 18.8. The summed E-state index contributed by atoms with van der Waals surface area (Å²) in [5.41, 5.74) is 2.46. The van der Waals surface area contributed by atoms with Crippen LogP contribution in [0.3, 0.4) is 0 Å². The molecule has 0 saturated heterocycles. The molecule has 0 saturated carbocycles. The van der Waals surface area contributed by atoms with Crippen molar-refractivity contribution in [3.05, 3.63) is 71.8 Å². The zero-order chi connectivity index (χ0) is 23.3. The summed E-state index contributed by atoms with van der Waals surface area (Å²) in [6.45, 7) is 10.7. The van der Waals surface area contributed by atoms with Crippen molar-refractivity contribution < 1.29 is 19.4 Å². The lowest BCUT2D eigenvalue weighted by atomic mass is 9.87. The molecule has 0 spiro atoms. The fraction of sp³-hybridized carbons (Fsp3) is 0.400. The number of hydrogen-bond acceptors (Lipinski definition) is 5. The molecule has 30 heavy (non-hydrogen) atoms. The number of nitrogens with zero attached hydrogens (tertiary/aromatic N) is 1. The highest BCUT2D eigenvalue weighted by Crippen LogP contribution is 2.24. The Labute approximate surface area is 181 Å². The first-order valence-corrected chi connectivity index (χ1v) is 9.84. The third kappa shape index (κ3) is 14.2. The van der Waals surface area contributed by atoms with Crippen molar-refractivity contribution in [3.8, 4) is 0 Å². The quantitative estimate of drug-likeness (QED) is 0.506. The van der Waals surface area contributed by atoms with Crippen LogP contribution in [0.5, 0.6) is 0 Å². The van der Waals surface area contributed by atoms with E-state index in [9.17, 15) is 0 Å². The Morgan fingerprint density at radius 2 is 1.43 bits per heavy atom. The summed E-state index contributed by atoms with van der Waals surface area (Å²) in [6.07, 6.45) is 4.40. The Morgan fingerprint density at radius 1 is 0.967 bits per heavy atom. The van der Waals surface area contributed by atoms with Gasteiger partial charge in [0.15, 0.2) is 6.40 Å². The number of rotatable bonds is 8. The van der Waals surface area contributed by atoms with Crippen LogP contribution in [-0.2, 0) is 27.2 Å². The van der Waals surface area contributed by atoms with Crippen LogP contribution in [-0.4, -0.2) is 44.3 Å². The number of carbonyl (C=O) groups excluding carboxylic acids is 2. The van der Waals surface area contributed by atoms with Crippen molar-refractivity contribution in [2.24, 2.45) is 10.9 Å². The molecule has 0 heterocycles. The van der Waals surface area contributed by atoms with Crippen molar-refractivity contribution in [1.82, 2.24) is 0 Å². The summed E-state index contributed by atoms with van der Waals surface area (Å²) in [4.78, 5) is 19.9. The number of carbonyl (C=O) groups is 2. The summed E-state index contributed by atoms with van der Waals surface area (Å²) in [7, 11) is 1.72. The Bertz CT molecular complexity index is 643. The standard InChI is InChI=1S/C14H21NO.C9H12O.2CH2O/c1-12(14(2,3)16-11-15-4)10-13-8-6-5-7-9-13;10-8-4-7-9-5-2-1-3-6-9;2*1-2/h5-9,11-12H,10H2,1-4H3;1-3,5-6,10H,4,7-8H2;2*1H2. The van der Waals surface area contributed by atoms with Gasteiger partial charge in [-0.3, -0.25) is 4.99 Å². The highest BCUT2D eigenvalue weighted by atomic mass is 16.5. The molecule has 0 fully saturated rings. The van der Waals surface area contributed by atoms with Gasteiger partial charge in [-0.15, -0.1) is 0 Å². The molecule has 0 aliphatic carbocycles. The number of benzene rings is 2. The highest BCUT2D eigenvalue weighted by molar-refractivity contribution is 5.46. The number of ether oxygens (including phenoxy) is 1. The monoisotopic (exact) mass is 415 g/mol. The molecule has 0 bridgehead atoms. The van der Waals surface area contributed by atoms with Gasteiger partial charge in [0, 0.05) is 13.7 Å². The van der Waals surface area contributed by atoms with Crippen LogP contribution in [0.15, 0.2) is 65.7 Å². The number of hydrogen-bond donors (Lipinski definition) is 1. The number of aliphatic imine (C=N–C) groups is 1. The van der Waals surface area contributed by atoms with E-state index in [4.69, 9.17) is 19.4 Å². The van der Waals surface area contributed by atoms with E-state index in [0.29, 0.717) is 5.92 Å². The number of aliphatic hydroxyl groups is 1. The molecular formula is C25H37NO4. The maximum Gasteiger partial charge on any atom is 0.169 e. The van der Waals surface area contributed by atoms with Gasteiger partial charge in [-0.05, 0) is 50.2 Å². The summed E-state index contributed by atoms with van der Waals surface area (Å²) in [5, 5.41) is 8.53. The van der Waals surface area contributed by atoms with Gasteiger partial charge in [0.2, 0.25) is 0 Å². The first-order chi connectivity index (χ1) is 14.5. The SMILES string of the molecule is C=O.C=O.CN=COC(C)(C)C(C)Cc1ccccc1.OCCCc1ccccc1. The van der Waals surface area contributed by atoms with Crippen molar-refractivity contribution in [1.29, 1.82) is 0 Å². The number of aryl methyl sites for hydroxylation is 1. The molecule has 0 aromatic heterocycles. The van der Waals surface area contributed by atoms with Crippen molar-refractivity contribution in [3.63, 3.8) is 0 Å². The summed E-state index contributed by atoms with van der Waals surface area (Å²) >= 11 is 0. The first kappa shape index (κ1) is 29.4. The van der Waals surface area contributed by atoms with E-state index in [-0.39, 0.29) is 12.2 Å². The van der Waals surface area contributed by atoms with Crippen LogP contribution in [0.2, 0.25) is 0 Å². The molecular weight excluding hydrogens is 378 g/mol. The average molecular weight is 416 g/mol. The van der Waals surface area contributed by atoms with Gasteiger partial charge >= 0.3 is 0 Å². The molecule has 1 atom stereocenters. The lowest BCUT2D eigenvalue weighted by Gasteiger charge is -2.30. The fourth-order valence-electron chi connectivity index (χ4n) is 2.45. The van der Waals surface area contributed by atoms with Crippen LogP contribution in [0, 0.1) is 5.92 Å². The van der Waals surface area contributed by atoms with Gasteiger partial charge in [0.25, 0.3) is 0 Å². The van der Waals surface area contributed by atoms with E-state index >= 15 is 0 Å². The minimum atomic E-state index is -0.185. The average Bonchev–Trinajstić information content (AvgIpc) is 2.81. The Kier molecular flexibility index (Phi) is 19.1. The summed E-state index contributed by atoms with van der Waals surface area (Å²) in [5.74, 6) is 0.438. The molecule has 0 radical (unpaired) electrons. The smallest absolute Gasteiger partial charge is 0.169 e. The van der Waals surface area contributed by atoms with E-state index < -0.39 is 0 Å². The summed E-state index contributed by atoms with van der Waals surface area (Å²) < 4.78 is 5.62. The van der Waals surface area contributed by atoms with Gasteiger partial charge in [-0.1, -0.05) is 67.6 Å². The topological polar surface area (TPSA) is 76.0 Å². The van der Waals surface area contributed by atoms with Gasteiger partial charge in [0.05, 0.1) is 0 Å². The van der Waals surface area contributed by atoms with Crippen molar-refractivity contribution in [2.45, 2.75) is 45.6 Å². The molecule has 5 nitrogen and oxygen atoms in total. The van der Waals surface area contributed by atoms with Crippen LogP contribution >= 0.6 is 0 Å². The van der Waals surface area contributed by atoms with Gasteiger partial charge in [0.1, 0.15) is 19.2 Å². The predicted molar refractivity (Wildman–Crippen MR) is 125 cm³/mol. The van der Waals surface area contributed by atoms with Crippen LogP contribution < -0.4 is 0 Å². The van der Waals surface area contributed by atoms with Gasteiger partial charge in [-0.2, -0.15) is 0 Å². The molecule has 0 aliphatic heterocycles. The molecule has 2 aromatic carbocycles. The van der Waals surface area contributed by atoms with E-state index in [2.05, 4.69) is 62.2 Å². The van der Waals surface area contributed by atoms with Crippen molar-refractivity contribution >= 4 is 20.0 Å². The largest absolute Gasteiger partial charge is 0.477 e. The highest BCUT2D eigenvalue weighted by Gasteiger charge is 2.26. The second kappa shape index (κ2) is 19.5. The molecule has 5 heteroatoms. The predicted octanol–water partition coefficient (Wildman–Crippen LogP) is 4.56. The van der Waals surface area contributed by atoms with Crippen LogP contribution in [0.4, 0.5) is 0 Å². The zero-order valence-electron chi connectivity index (χ0n) is 18.8. The maximum atomic E-state index is 8.53. The van der Waals surface area contributed by atoms with E-state index in [1.165, 1.54) is 17.5 Å². The first-order valence-electron chi connectivity index (χ1n) is 9.84. The number of aliphatic hydroxyl groups excluding tert-OH is 1. The maximum absolute atomic E-state index is 8.53. The summed E-state index contributed by atoms with van der Waals surface area (Å²) in [6, 6.07) is 20.7. The fourth-order valence-corrected chi connectivity index (χ4v) is 2.45. The molecule has 2 rings (SSSR count). The molecule has 0 amide bonds. The van der Waals surface area contributed by atoms with Crippen LogP contribution in [0.1, 0.15) is 38.3 Å². The molecule has 1 unspecified atom stereocenters. The lowest BCUT2D eigenvalue weighted by molar-refractivity contribution is -0.0987. The third-order valence-electron chi connectivity index (χ3n) is 4.50. The van der Waals surface area contributed by atoms with Crippen molar-refractivity contribution in [2.75, 3.05) is 13.7 Å². The van der Waals surface area contributed by atoms with Gasteiger partial charge in [-0.25, -0.2) is 0 Å². The minimum Gasteiger partial charge on any atom is -0.477 e. The second-order valence-corrected chi connectivity index (χ2v) is 6.99. The Morgan fingerprint density at radius 3 is 1.87 bits per heavy atom. The second-order valence-electron chi connectivity index (χ2n) is 6.99. The van der Waals surface area contributed by atoms with E-state index in [1.807, 2.05) is 37.8 Å². The third-order valence-corrected chi connectivity index (χ3v) is 4.50. The van der Waals surface area contributed by atoms with Gasteiger partial charge < -0.3 is 19.4 Å². The van der Waals surface area contributed by atoms with E-state index in [1.54, 1.807) is 7.05 Å². The molecule has 0 aliphatic rings. The van der Waals surface area contributed by atoms with Crippen LogP contribution in [0.25, 0.3) is 0 Å².